The number of nitrogens with one attached hydrogen (secondary N) is 1. The number of benzene rings is 1. The van der Waals surface area contributed by atoms with Crippen molar-refractivity contribution in [2.45, 2.75) is 19.9 Å². The number of carboxylic acid groups (broad SMARTS) is 1. The summed E-state index contributed by atoms with van der Waals surface area (Å²) in [6, 6.07) is 4.78. The van der Waals surface area contributed by atoms with Crippen LogP contribution in [-0.2, 0) is 9.59 Å². The first-order valence-electron chi connectivity index (χ1n) is 6.51. The van der Waals surface area contributed by atoms with Gasteiger partial charge in [-0.1, -0.05) is 11.6 Å². The maximum Gasteiger partial charge on any atom is 0.341 e. The summed E-state index contributed by atoms with van der Waals surface area (Å²) in [7, 11) is 0. The van der Waals surface area contributed by atoms with Crippen molar-refractivity contribution in [1.82, 2.24) is 5.32 Å². The van der Waals surface area contributed by atoms with Gasteiger partial charge in [-0.05, 0) is 53.5 Å². The SMILES string of the molecule is CC(C)NC(=O)/C(C#N)=C\c1cc(Cl)c(OCC(=O)O)c(Br)c1. The quantitative estimate of drug-likeness (QED) is 0.564. The van der Waals surface area contributed by atoms with Crippen molar-refractivity contribution in [3.63, 3.8) is 0 Å². The summed E-state index contributed by atoms with van der Waals surface area (Å²) in [6.45, 7) is 3.04. The van der Waals surface area contributed by atoms with Crippen LogP contribution in [0.3, 0.4) is 0 Å². The molecule has 0 unspecified atom stereocenters. The van der Waals surface area contributed by atoms with E-state index in [1.807, 2.05) is 6.07 Å². The molecule has 6 nitrogen and oxygen atoms in total. The minimum atomic E-state index is -1.13. The number of carboxylic acids is 1. The van der Waals surface area contributed by atoms with Gasteiger partial charge in [0, 0.05) is 6.04 Å². The summed E-state index contributed by atoms with van der Waals surface area (Å²) in [5.41, 5.74) is 0.431. The van der Waals surface area contributed by atoms with Gasteiger partial charge in [0.15, 0.2) is 12.4 Å². The van der Waals surface area contributed by atoms with Crippen molar-refractivity contribution in [1.29, 1.82) is 5.26 Å². The fraction of sp³-hybridized carbons (Fsp3) is 0.267. The van der Waals surface area contributed by atoms with E-state index in [1.54, 1.807) is 19.9 Å². The van der Waals surface area contributed by atoms with Crippen LogP contribution < -0.4 is 10.1 Å². The molecule has 0 radical (unpaired) electrons. The first-order chi connectivity index (χ1) is 10.7. The largest absolute Gasteiger partial charge is 0.479 e. The maximum atomic E-state index is 11.9. The molecule has 0 aliphatic heterocycles. The molecule has 0 bridgehead atoms. The van der Waals surface area contributed by atoms with Crippen molar-refractivity contribution >= 4 is 45.5 Å². The van der Waals surface area contributed by atoms with Gasteiger partial charge in [-0.3, -0.25) is 4.79 Å². The lowest BCUT2D eigenvalue weighted by Gasteiger charge is -2.10. The van der Waals surface area contributed by atoms with E-state index in [1.165, 1.54) is 12.1 Å². The summed E-state index contributed by atoms with van der Waals surface area (Å²) in [5, 5.41) is 20.5. The lowest BCUT2D eigenvalue weighted by Crippen LogP contribution is -2.30. The third kappa shape index (κ3) is 5.93. The van der Waals surface area contributed by atoms with Crippen LogP contribution in [0.15, 0.2) is 22.2 Å². The Morgan fingerprint density at radius 3 is 2.65 bits per heavy atom. The molecule has 0 spiro atoms. The molecule has 8 heteroatoms. The Kier molecular flexibility index (Phi) is 7.07. The molecule has 23 heavy (non-hydrogen) atoms. The van der Waals surface area contributed by atoms with Gasteiger partial charge in [0.25, 0.3) is 5.91 Å². The number of hydrogen-bond donors (Lipinski definition) is 2. The molecule has 0 fully saturated rings. The monoisotopic (exact) mass is 400 g/mol. The number of carbonyl (C=O) groups is 2. The smallest absolute Gasteiger partial charge is 0.341 e. The van der Waals surface area contributed by atoms with Crippen LogP contribution >= 0.6 is 27.5 Å². The van der Waals surface area contributed by atoms with Gasteiger partial charge in [-0.2, -0.15) is 5.26 Å². The van der Waals surface area contributed by atoms with E-state index < -0.39 is 18.5 Å². The van der Waals surface area contributed by atoms with Crippen LogP contribution in [0, 0.1) is 11.3 Å². The Bertz CT molecular complexity index is 672. The number of rotatable bonds is 6. The minimum absolute atomic E-state index is 0.0686. The fourth-order valence-electron chi connectivity index (χ4n) is 1.59. The third-order valence-electron chi connectivity index (χ3n) is 2.46. The number of nitriles is 1. The van der Waals surface area contributed by atoms with E-state index in [9.17, 15) is 9.59 Å². The van der Waals surface area contributed by atoms with Gasteiger partial charge in [0.1, 0.15) is 11.6 Å². The summed E-state index contributed by atoms with van der Waals surface area (Å²) in [5.74, 6) is -1.44. The predicted octanol–water partition coefficient (Wildman–Crippen LogP) is 3.00. The number of nitrogens with zero attached hydrogens (tertiary/aromatic N) is 1. The summed E-state index contributed by atoms with van der Waals surface area (Å²) in [6.07, 6.45) is 1.38. The summed E-state index contributed by atoms with van der Waals surface area (Å²) in [4.78, 5) is 22.4. The average Bonchev–Trinajstić information content (AvgIpc) is 2.42. The van der Waals surface area contributed by atoms with E-state index >= 15 is 0 Å². The van der Waals surface area contributed by atoms with E-state index in [4.69, 9.17) is 26.7 Å². The maximum absolute atomic E-state index is 11.9. The van der Waals surface area contributed by atoms with E-state index in [0.717, 1.165) is 0 Å². The molecule has 1 aromatic carbocycles. The van der Waals surface area contributed by atoms with Crippen LogP contribution in [0.2, 0.25) is 5.02 Å². The van der Waals surface area contributed by atoms with E-state index in [0.29, 0.717) is 10.0 Å². The molecule has 0 saturated heterocycles. The first kappa shape index (κ1) is 19.0. The predicted molar refractivity (Wildman–Crippen MR) is 89.2 cm³/mol. The second-order valence-electron chi connectivity index (χ2n) is 4.79. The van der Waals surface area contributed by atoms with Crippen molar-refractivity contribution in [2.75, 3.05) is 6.61 Å². The van der Waals surface area contributed by atoms with E-state index in [-0.39, 0.29) is 22.4 Å². The standard InChI is InChI=1S/C15H14BrClN2O4/c1-8(2)19-15(22)10(6-18)3-9-4-11(16)14(12(17)5-9)23-7-13(20)21/h3-5,8H,7H2,1-2H3,(H,19,22)(H,20,21)/b10-3-. The molecule has 0 aliphatic carbocycles. The third-order valence-corrected chi connectivity index (χ3v) is 3.33. The van der Waals surface area contributed by atoms with Crippen LogP contribution in [0.25, 0.3) is 6.08 Å². The van der Waals surface area contributed by atoms with Crippen LogP contribution in [0.5, 0.6) is 5.75 Å². The molecule has 122 valence electrons. The molecule has 0 atom stereocenters. The molecule has 0 aliphatic rings. The van der Waals surface area contributed by atoms with Crippen LogP contribution in [0.4, 0.5) is 0 Å². The molecule has 1 amide bonds. The lowest BCUT2D eigenvalue weighted by molar-refractivity contribution is -0.139. The zero-order valence-corrected chi connectivity index (χ0v) is 14.7. The van der Waals surface area contributed by atoms with Gasteiger partial charge in [0.2, 0.25) is 0 Å². The minimum Gasteiger partial charge on any atom is -0.479 e. The number of ether oxygens (including phenoxy) is 1. The fourth-order valence-corrected chi connectivity index (χ4v) is 2.58. The molecular formula is C15H14BrClN2O4. The topological polar surface area (TPSA) is 99.4 Å². The highest BCUT2D eigenvalue weighted by atomic mass is 79.9. The summed E-state index contributed by atoms with van der Waals surface area (Å²) >= 11 is 9.27. The lowest BCUT2D eigenvalue weighted by atomic mass is 10.1. The molecule has 0 aromatic heterocycles. The number of amides is 1. The number of halogens is 2. The molecule has 2 N–H and O–H groups in total. The van der Waals surface area contributed by atoms with Crippen LogP contribution in [0.1, 0.15) is 19.4 Å². The van der Waals surface area contributed by atoms with Gasteiger partial charge in [-0.15, -0.1) is 0 Å². The molecule has 1 aromatic rings. The zero-order valence-electron chi connectivity index (χ0n) is 12.4. The molecule has 0 saturated carbocycles. The Hall–Kier alpha value is -2.04. The zero-order chi connectivity index (χ0) is 17.6. The normalized spacial score (nSPS) is 11.0. The highest BCUT2D eigenvalue weighted by molar-refractivity contribution is 9.10. The Labute approximate surface area is 146 Å². The van der Waals surface area contributed by atoms with Gasteiger partial charge in [-0.25, -0.2) is 4.79 Å². The summed E-state index contributed by atoms with van der Waals surface area (Å²) < 4.78 is 5.49. The Balaban J connectivity index is 3.10. The van der Waals surface area contributed by atoms with Gasteiger partial charge < -0.3 is 15.2 Å². The van der Waals surface area contributed by atoms with Crippen LogP contribution in [-0.4, -0.2) is 29.6 Å². The molecular weight excluding hydrogens is 388 g/mol. The van der Waals surface area contributed by atoms with Gasteiger partial charge >= 0.3 is 5.97 Å². The molecule has 1 rings (SSSR count). The van der Waals surface area contributed by atoms with Gasteiger partial charge in [0.05, 0.1) is 9.50 Å². The van der Waals surface area contributed by atoms with E-state index in [2.05, 4.69) is 21.2 Å². The second kappa shape index (κ2) is 8.56. The average molecular weight is 402 g/mol. The Morgan fingerprint density at radius 1 is 1.52 bits per heavy atom. The van der Waals surface area contributed by atoms with Crippen molar-refractivity contribution < 1.29 is 19.4 Å². The van der Waals surface area contributed by atoms with Crippen molar-refractivity contribution in [3.05, 3.63) is 32.8 Å². The highest BCUT2D eigenvalue weighted by Gasteiger charge is 2.13. The first-order valence-corrected chi connectivity index (χ1v) is 7.68. The number of hydrogen-bond acceptors (Lipinski definition) is 4. The van der Waals surface area contributed by atoms with Crippen molar-refractivity contribution in [3.8, 4) is 11.8 Å². The Morgan fingerprint density at radius 2 is 2.17 bits per heavy atom. The number of carbonyl (C=O) groups excluding carboxylic acids is 1. The number of aliphatic carboxylic acids is 1. The second-order valence-corrected chi connectivity index (χ2v) is 6.06. The highest BCUT2D eigenvalue weighted by Crippen LogP contribution is 2.35. The molecule has 0 heterocycles. The van der Waals surface area contributed by atoms with Crippen molar-refractivity contribution in [2.24, 2.45) is 0 Å².